The van der Waals surface area contributed by atoms with Gasteiger partial charge in [0.15, 0.2) is 5.78 Å². The van der Waals surface area contributed by atoms with Crippen molar-refractivity contribution < 1.29 is 19.1 Å². The van der Waals surface area contributed by atoms with Crippen LogP contribution in [0.15, 0.2) is 30.0 Å². The topological polar surface area (TPSA) is 67.9 Å². The van der Waals surface area contributed by atoms with Gasteiger partial charge in [-0.15, -0.1) is 0 Å². The number of carbonyl (C=O) groups excluding carboxylic acids is 2. The van der Waals surface area contributed by atoms with Crippen molar-refractivity contribution >= 4 is 43.5 Å². The summed E-state index contributed by atoms with van der Waals surface area (Å²) in [6.45, 7) is 6.50. The molecule has 0 aliphatic carbocycles. The molecule has 2 fully saturated rings. The predicted molar refractivity (Wildman–Crippen MR) is 123 cm³/mol. The fourth-order valence-corrected chi connectivity index (χ4v) is 5.53. The number of benzene rings is 1. The summed E-state index contributed by atoms with van der Waals surface area (Å²) in [5, 5.41) is 3.65. The van der Waals surface area contributed by atoms with Crippen molar-refractivity contribution in [3.8, 4) is 5.75 Å². The van der Waals surface area contributed by atoms with E-state index in [1.807, 2.05) is 18.2 Å². The van der Waals surface area contributed by atoms with Crippen LogP contribution in [-0.4, -0.2) is 81.6 Å². The molecule has 2 aliphatic heterocycles. The monoisotopic (exact) mass is 621 g/mol. The molecule has 31 heavy (non-hydrogen) atoms. The minimum absolute atomic E-state index is 0.0910. The Hall–Kier alpha value is -1.42. The second-order valence-corrected chi connectivity index (χ2v) is 10.4. The van der Waals surface area contributed by atoms with Gasteiger partial charge in [-0.05, 0) is 6.92 Å². The number of rotatable bonds is 10. The number of methoxy groups -OCH3 is 1. The van der Waals surface area contributed by atoms with Crippen molar-refractivity contribution in [3.63, 3.8) is 0 Å². The van der Waals surface area contributed by atoms with Crippen LogP contribution in [0.2, 0.25) is 3.98 Å². The Morgan fingerprint density at radius 2 is 2.19 bits per heavy atom. The van der Waals surface area contributed by atoms with Crippen LogP contribution < -0.4 is 10.1 Å². The molecule has 3 radical (unpaired) electrons. The van der Waals surface area contributed by atoms with Crippen LogP contribution in [0.4, 0.5) is 5.69 Å². The van der Waals surface area contributed by atoms with E-state index < -0.39 is 0 Å². The first kappa shape index (κ1) is 24.2. The van der Waals surface area contributed by atoms with E-state index in [4.69, 9.17) is 9.47 Å². The molecule has 0 saturated carbocycles. The van der Waals surface area contributed by atoms with Gasteiger partial charge in [0.05, 0.1) is 13.4 Å². The zero-order valence-corrected chi connectivity index (χ0v) is 22.6. The van der Waals surface area contributed by atoms with E-state index in [1.54, 1.807) is 20.3 Å². The third-order valence-electron chi connectivity index (χ3n) is 6.65. The van der Waals surface area contributed by atoms with Crippen LogP contribution in [0, 0.1) is 11.8 Å². The minimum atomic E-state index is 0.0910. The number of fused-ring (bicyclic) bond motifs is 1. The van der Waals surface area contributed by atoms with Crippen LogP contribution >= 0.6 is 0 Å². The maximum atomic E-state index is 12.3. The molecule has 7 heteroatoms. The SMILES string of the molecule is CCC1CN2CCC(Nc3cccc(OC[CH2][Pb])c3C=O)C2CC1/C(=C\OC)C(C)=O. The van der Waals surface area contributed by atoms with Gasteiger partial charge in [0, 0.05) is 0 Å². The van der Waals surface area contributed by atoms with Crippen molar-refractivity contribution in [1.82, 2.24) is 4.90 Å². The summed E-state index contributed by atoms with van der Waals surface area (Å²) in [5.41, 5.74) is 2.23. The molecule has 2 saturated heterocycles. The van der Waals surface area contributed by atoms with Crippen molar-refractivity contribution in [1.29, 1.82) is 0 Å². The summed E-state index contributed by atoms with van der Waals surface area (Å²) >= 11 is 1.08. The van der Waals surface area contributed by atoms with Gasteiger partial charge >= 0.3 is 153 Å². The van der Waals surface area contributed by atoms with Crippen LogP contribution in [0.3, 0.4) is 0 Å². The molecule has 1 aromatic carbocycles. The standard InChI is InChI=1S/C24H33N2O4.Pb/c1-5-17-13-26-11-10-22(23(26)12-18(17)20(15-29-4)16(3)28)25-21-8-7-9-24(30-6-2)19(21)14-27;/h7-9,14-15,17-18,22-23,25H,2,5-6,10-13H2,1,3-4H3;/b20-15-;. The molecule has 1 aromatic rings. The second kappa shape index (κ2) is 11.4. The molecule has 0 spiro atoms. The summed E-state index contributed by atoms with van der Waals surface area (Å²) in [6, 6.07) is 6.31. The number of carbonyl (C=O) groups is 2. The summed E-state index contributed by atoms with van der Waals surface area (Å²) in [5.74, 6) is 1.38. The predicted octanol–water partition coefficient (Wildman–Crippen LogP) is 3.48. The first-order chi connectivity index (χ1) is 15.0. The Labute approximate surface area is 201 Å². The number of ether oxygens (including phenoxy) is 2. The van der Waals surface area contributed by atoms with Gasteiger partial charge in [-0.3, -0.25) is 4.79 Å². The van der Waals surface area contributed by atoms with E-state index in [0.29, 0.717) is 29.9 Å². The van der Waals surface area contributed by atoms with Gasteiger partial charge in [0.2, 0.25) is 0 Å². The van der Waals surface area contributed by atoms with E-state index in [0.717, 1.165) is 79.6 Å². The van der Waals surface area contributed by atoms with E-state index in [2.05, 4.69) is 17.1 Å². The number of nitrogens with zero attached hydrogens (tertiary/aromatic N) is 1. The van der Waals surface area contributed by atoms with Crippen LogP contribution in [0.5, 0.6) is 5.75 Å². The first-order valence-corrected chi connectivity index (χ1v) is 13.9. The van der Waals surface area contributed by atoms with Crippen LogP contribution in [0.1, 0.15) is 43.5 Å². The number of Topliss-reactive ketones (excluding diaryl/α,β-unsaturated/α-hetero) is 1. The molecule has 3 rings (SSSR count). The van der Waals surface area contributed by atoms with Crippen LogP contribution in [0.25, 0.3) is 0 Å². The van der Waals surface area contributed by atoms with E-state index in [9.17, 15) is 9.59 Å². The first-order valence-electron chi connectivity index (χ1n) is 11.1. The van der Waals surface area contributed by atoms with Gasteiger partial charge in [0.25, 0.3) is 0 Å². The van der Waals surface area contributed by atoms with Gasteiger partial charge in [-0.2, -0.15) is 0 Å². The molecule has 6 nitrogen and oxygen atoms in total. The Bertz CT molecular complexity index is 813. The van der Waals surface area contributed by atoms with Crippen molar-refractivity contribution in [3.05, 3.63) is 35.6 Å². The number of ketones is 1. The normalized spacial score (nSPS) is 26.3. The zero-order chi connectivity index (χ0) is 22.4. The average molecular weight is 621 g/mol. The number of anilines is 1. The third kappa shape index (κ3) is 5.50. The number of hydrogen-bond acceptors (Lipinski definition) is 6. The number of allylic oxidation sites excluding steroid dienone is 1. The molecule has 1 N–H and O–H groups in total. The molecular formula is C24H33N2O4Pb. The zero-order valence-electron chi connectivity index (χ0n) is 18.7. The molecule has 0 bridgehead atoms. The fraction of sp³-hybridized carbons (Fsp3) is 0.583. The van der Waals surface area contributed by atoms with Crippen molar-refractivity contribution in [2.24, 2.45) is 11.8 Å². The van der Waals surface area contributed by atoms with Crippen molar-refractivity contribution in [2.45, 2.75) is 49.2 Å². The van der Waals surface area contributed by atoms with E-state index in [1.165, 1.54) is 0 Å². The van der Waals surface area contributed by atoms with Gasteiger partial charge in [0.1, 0.15) is 0 Å². The Kier molecular flexibility index (Phi) is 8.95. The Morgan fingerprint density at radius 3 is 2.84 bits per heavy atom. The Balaban J connectivity index is 1.82. The molecule has 0 aromatic heterocycles. The molecule has 4 unspecified atom stereocenters. The summed E-state index contributed by atoms with van der Waals surface area (Å²) in [6.07, 6.45) is 5.50. The number of nitrogens with one attached hydrogen (secondary N) is 1. The maximum absolute atomic E-state index is 12.3. The van der Waals surface area contributed by atoms with Gasteiger partial charge in [-0.1, -0.05) is 13.3 Å². The number of piperidine rings is 1. The summed E-state index contributed by atoms with van der Waals surface area (Å²) in [7, 11) is 1.61. The molecule has 167 valence electrons. The molecule has 4 atom stereocenters. The molecule has 2 heterocycles. The third-order valence-corrected chi connectivity index (χ3v) is 7.45. The number of hydrogen-bond donors (Lipinski definition) is 1. The van der Waals surface area contributed by atoms with Gasteiger partial charge < -0.3 is 4.74 Å². The second-order valence-electron chi connectivity index (χ2n) is 8.41. The molecular weight excluding hydrogens is 587 g/mol. The summed E-state index contributed by atoms with van der Waals surface area (Å²) < 4.78 is 12.1. The quantitative estimate of drug-likeness (QED) is 0.187. The van der Waals surface area contributed by atoms with E-state index >= 15 is 0 Å². The van der Waals surface area contributed by atoms with Crippen molar-refractivity contribution in [2.75, 3.05) is 32.1 Å². The van der Waals surface area contributed by atoms with Gasteiger partial charge in [-0.25, -0.2) is 0 Å². The van der Waals surface area contributed by atoms with E-state index in [-0.39, 0.29) is 17.7 Å². The number of aldehydes is 1. The average Bonchev–Trinajstić information content (AvgIpc) is 3.16. The summed E-state index contributed by atoms with van der Waals surface area (Å²) in [4.78, 5) is 26.7. The minimum Gasteiger partial charge on any atom is -0.504 e. The smallest absolute Gasteiger partial charge is 0.504 e. The molecule has 2 aliphatic rings. The Morgan fingerprint density at radius 1 is 1.39 bits per heavy atom. The molecule has 0 amide bonds. The fourth-order valence-electron chi connectivity index (χ4n) is 5.14. The van der Waals surface area contributed by atoms with Crippen LogP contribution in [-0.2, 0) is 9.53 Å².